The molecule has 0 radical (unpaired) electrons. The summed E-state index contributed by atoms with van der Waals surface area (Å²) in [5.41, 5.74) is 2.62. The Balaban J connectivity index is 0.00000261. The maximum Gasteiger partial charge on any atom is 0.323 e. The minimum atomic E-state index is -0.177. The Morgan fingerprint density at radius 2 is 1.33 bits per heavy atom. The number of ether oxygens (including phenoxy) is 1. The fourth-order valence-corrected chi connectivity index (χ4v) is 3.68. The molecular formula is C22H29ClN2O2. The minimum Gasteiger partial charge on any atom is -0.465 e. The van der Waals surface area contributed by atoms with Crippen LogP contribution in [-0.4, -0.2) is 54.6 Å². The van der Waals surface area contributed by atoms with Gasteiger partial charge in [-0.3, -0.25) is 14.6 Å². The average molecular weight is 389 g/mol. The van der Waals surface area contributed by atoms with Gasteiger partial charge < -0.3 is 4.74 Å². The average Bonchev–Trinajstić information content (AvgIpc) is 2.70. The van der Waals surface area contributed by atoms with Gasteiger partial charge in [0.1, 0.15) is 6.04 Å². The van der Waals surface area contributed by atoms with Gasteiger partial charge in [0.05, 0.1) is 12.6 Å². The Kier molecular flexibility index (Phi) is 8.29. The molecule has 3 rings (SSSR count). The zero-order valence-corrected chi connectivity index (χ0v) is 16.9. The zero-order valence-electron chi connectivity index (χ0n) is 16.1. The number of benzene rings is 2. The van der Waals surface area contributed by atoms with Crippen LogP contribution in [0.1, 0.15) is 31.0 Å². The third-order valence-electron chi connectivity index (χ3n) is 5.12. The standard InChI is InChI=1S/C22H28N2O2.ClH/c1-3-26-22(25)18(2)23-14-16-24(17-15-23)21(19-10-6-4-7-11-19)20-12-8-5-9-13-20;/h4-13,18,21H,3,14-17H2,1-2H3;1H. The van der Waals surface area contributed by atoms with Gasteiger partial charge in [0.25, 0.3) is 0 Å². The second-order valence-electron chi connectivity index (χ2n) is 6.72. The van der Waals surface area contributed by atoms with E-state index < -0.39 is 0 Å². The Labute approximate surface area is 168 Å². The number of rotatable bonds is 6. The lowest BCUT2D eigenvalue weighted by Crippen LogP contribution is -2.52. The first-order chi connectivity index (χ1) is 12.7. The third kappa shape index (κ3) is 5.32. The van der Waals surface area contributed by atoms with Gasteiger partial charge in [-0.25, -0.2) is 0 Å². The fourth-order valence-electron chi connectivity index (χ4n) is 3.68. The number of carbonyl (C=O) groups excluding carboxylic acids is 1. The second-order valence-corrected chi connectivity index (χ2v) is 6.72. The number of hydrogen-bond acceptors (Lipinski definition) is 4. The van der Waals surface area contributed by atoms with Crippen LogP contribution in [0, 0.1) is 0 Å². The highest BCUT2D eigenvalue weighted by molar-refractivity contribution is 5.85. The molecule has 0 saturated carbocycles. The van der Waals surface area contributed by atoms with Crippen LogP contribution in [0.25, 0.3) is 0 Å². The summed E-state index contributed by atoms with van der Waals surface area (Å²) in [5.74, 6) is -0.122. The molecule has 1 aliphatic rings. The van der Waals surface area contributed by atoms with Gasteiger partial charge in [-0.15, -0.1) is 12.4 Å². The summed E-state index contributed by atoms with van der Waals surface area (Å²) in [6, 6.07) is 21.4. The molecular weight excluding hydrogens is 360 g/mol. The first-order valence-corrected chi connectivity index (χ1v) is 9.45. The predicted octanol–water partition coefficient (Wildman–Crippen LogP) is 3.77. The normalized spacial score (nSPS) is 16.6. The molecule has 1 fully saturated rings. The molecule has 1 saturated heterocycles. The van der Waals surface area contributed by atoms with E-state index in [1.165, 1.54) is 11.1 Å². The minimum absolute atomic E-state index is 0. The summed E-state index contributed by atoms with van der Waals surface area (Å²) in [6.45, 7) is 7.84. The maximum absolute atomic E-state index is 12.0. The van der Waals surface area contributed by atoms with Crippen molar-refractivity contribution in [1.82, 2.24) is 9.80 Å². The van der Waals surface area contributed by atoms with Crippen LogP contribution in [0.2, 0.25) is 0 Å². The molecule has 1 atom stereocenters. The maximum atomic E-state index is 12.0. The van der Waals surface area contributed by atoms with Gasteiger partial charge in [-0.2, -0.15) is 0 Å². The molecule has 1 heterocycles. The largest absolute Gasteiger partial charge is 0.465 e. The van der Waals surface area contributed by atoms with Crippen molar-refractivity contribution >= 4 is 18.4 Å². The lowest BCUT2D eigenvalue weighted by Gasteiger charge is -2.41. The van der Waals surface area contributed by atoms with Crippen LogP contribution in [-0.2, 0) is 9.53 Å². The van der Waals surface area contributed by atoms with Gasteiger partial charge in [-0.05, 0) is 25.0 Å². The molecule has 1 aliphatic heterocycles. The van der Waals surface area contributed by atoms with Crippen molar-refractivity contribution in [1.29, 1.82) is 0 Å². The number of halogens is 1. The lowest BCUT2D eigenvalue weighted by molar-refractivity contribution is -0.149. The van der Waals surface area contributed by atoms with Crippen LogP contribution in [0.3, 0.4) is 0 Å². The van der Waals surface area contributed by atoms with Crippen molar-refractivity contribution in [2.75, 3.05) is 32.8 Å². The van der Waals surface area contributed by atoms with Gasteiger partial charge in [-0.1, -0.05) is 60.7 Å². The molecule has 0 spiro atoms. The molecule has 1 unspecified atom stereocenters. The highest BCUT2D eigenvalue weighted by Gasteiger charge is 2.30. The quantitative estimate of drug-likeness (QED) is 0.705. The molecule has 5 heteroatoms. The summed E-state index contributed by atoms with van der Waals surface area (Å²) in [5, 5.41) is 0. The van der Waals surface area contributed by atoms with E-state index in [9.17, 15) is 4.79 Å². The van der Waals surface area contributed by atoms with Crippen LogP contribution in [0.4, 0.5) is 0 Å². The number of carbonyl (C=O) groups is 1. The van der Waals surface area contributed by atoms with Gasteiger partial charge in [0, 0.05) is 26.2 Å². The Hall–Kier alpha value is -1.88. The van der Waals surface area contributed by atoms with E-state index in [0.717, 1.165) is 26.2 Å². The predicted molar refractivity (Wildman–Crippen MR) is 111 cm³/mol. The molecule has 0 N–H and O–H groups in total. The number of nitrogens with zero attached hydrogens (tertiary/aromatic N) is 2. The molecule has 0 amide bonds. The smallest absolute Gasteiger partial charge is 0.323 e. The number of esters is 1. The molecule has 27 heavy (non-hydrogen) atoms. The summed E-state index contributed by atoms with van der Waals surface area (Å²) in [6.07, 6.45) is 0. The van der Waals surface area contributed by atoms with Gasteiger partial charge in [0.15, 0.2) is 0 Å². The highest BCUT2D eigenvalue weighted by Crippen LogP contribution is 2.29. The Bertz CT molecular complexity index is 648. The first-order valence-electron chi connectivity index (χ1n) is 9.45. The summed E-state index contributed by atoms with van der Waals surface area (Å²) >= 11 is 0. The van der Waals surface area contributed by atoms with Crippen molar-refractivity contribution in [2.24, 2.45) is 0 Å². The van der Waals surface area contributed by atoms with E-state index in [2.05, 4.69) is 70.5 Å². The first kappa shape index (κ1) is 21.4. The number of piperazine rings is 1. The summed E-state index contributed by atoms with van der Waals surface area (Å²) in [4.78, 5) is 16.8. The Morgan fingerprint density at radius 1 is 0.889 bits per heavy atom. The second kappa shape index (κ2) is 10.5. The van der Waals surface area contributed by atoms with Crippen molar-refractivity contribution in [3.05, 3.63) is 71.8 Å². The van der Waals surface area contributed by atoms with Crippen molar-refractivity contribution in [2.45, 2.75) is 25.9 Å². The molecule has 0 aliphatic carbocycles. The monoisotopic (exact) mass is 388 g/mol. The summed E-state index contributed by atoms with van der Waals surface area (Å²) in [7, 11) is 0. The topological polar surface area (TPSA) is 32.8 Å². The Morgan fingerprint density at radius 3 is 1.78 bits per heavy atom. The molecule has 2 aromatic rings. The molecule has 0 aromatic heterocycles. The molecule has 4 nitrogen and oxygen atoms in total. The van der Waals surface area contributed by atoms with E-state index in [0.29, 0.717) is 6.61 Å². The van der Waals surface area contributed by atoms with E-state index >= 15 is 0 Å². The lowest BCUT2D eigenvalue weighted by atomic mass is 9.96. The number of hydrogen-bond donors (Lipinski definition) is 0. The van der Waals surface area contributed by atoms with E-state index in [4.69, 9.17) is 4.74 Å². The van der Waals surface area contributed by atoms with E-state index in [1.807, 2.05) is 13.8 Å². The zero-order chi connectivity index (χ0) is 18.4. The van der Waals surface area contributed by atoms with Crippen LogP contribution in [0.15, 0.2) is 60.7 Å². The summed E-state index contributed by atoms with van der Waals surface area (Å²) < 4.78 is 5.18. The highest BCUT2D eigenvalue weighted by atomic mass is 35.5. The third-order valence-corrected chi connectivity index (χ3v) is 5.12. The van der Waals surface area contributed by atoms with Crippen molar-refractivity contribution in [3.8, 4) is 0 Å². The van der Waals surface area contributed by atoms with E-state index in [-0.39, 0.29) is 30.5 Å². The van der Waals surface area contributed by atoms with Gasteiger partial charge >= 0.3 is 5.97 Å². The van der Waals surface area contributed by atoms with Crippen LogP contribution in [0.5, 0.6) is 0 Å². The molecule has 0 bridgehead atoms. The van der Waals surface area contributed by atoms with Crippen LogP contribution >= 0.6 is 12.4 Å². The SMILES string of the molecule is CCOC(=O)C(C)N1CCN(C(c2ccccc2)c2ccccc2)CC1.Cl. The molecule has 146 valence electrons. The van der Waals surface area contributed by atoms with Crippen molar-refractivity contribution < 1.29 is 9.53 Å². The van der Waals surface area contributed by atoms with Crippen LogP contribution < -0.4 is 0 Å². The van der Waals surface area contributed by atoms with Crippen molar-refractivity contribution in [3.63, 3.8) is 0 Å². The van der Waals surface area contributed by atoms with E-state index in [1.54, 1.807) is 0 Å². The van der Waals surface area contributed by atoms with Gasteiger partial charge in [0.2, 0.25) is 0 Å². The molecule has 2 aromatic carbocycles. The fraction of sp³-hybridized carbons (Fsp3) is 0.409.